The summed E-state index contributed by atoms with van der Waals surface area (Å²) >= 11 is 5.78. The van der Waals surface area contributed by atoms with Crippen molar-refractivity contribution < 1.29 is 4.79 Å². The van der Waals surface area contributed by atoms with E-state index in [-0.39, 0.29) is 5.91 Å². The second-order valence-electron chi connectivity index (χ2n) is 3.68. The Labute approximate surface area is 107 Å². The van der Waals surface area contributed by atoms with Gasteiger partial charge in [-0.3, -0.25) is 4.79 Å². The highest BCUT2D eigenvalue weighted by molar-refractivity contribution is 6.30. The molecule has 0 aliphatic carbocycles. The van der Waals surface area contributed by atoms with Crippen LogP contribution in [0.1, 0.15) is 18.9 Å². The summed E-state index contributed by atoms with van der Waals surface area (Å²) in [6.45, 7) is 3.05. The number of carbonyl (C=O) groups excluding carboxylic acids is 1. The molecule has 0 radical (unpaired) electrons. The topological polar surface area (TPSA) is 44.1 Å². The molecule has 3 nitrogen and oxygen atoms in total. The van der Waals surface area contributed by atoms with Gasteiger partial charge in [-0.05, 0) is 24.6 Å². The number of rotatable bonds is 5. The Balaban J connectivity index is 2.58. The summed E-state index contributed by atoms with van der Waals surface area (Å²) in [5, 5.41) is 9.17. The van der Waals surface area contributed by atoms with Crippen molar-refractivity contribution in [1.29, 1.82) is 5.26 Å². The predicted octanol–water partition coefficient (Wildman–Crippen LogP) is 2.64. The Morgan fingerprint density at radius 3 is 2.59 bits per heavy atom. The molecule has 0 heterocycles. The van der Waals surface area contributed by atoms with E-state index in [0.717, 1.165) is 5.56 Å². The lowest BCUT2D eigenvalue weighted by molar-refractivity contribution is -0.130. The first kappa shape index (κ1) is 13.5. The monoisotopic (exact) mass is 250 g/mol. The number of carbonyl (C=O) groups is 1. The molecular formula is C13H15ClN2O. The zero-order valence-corrected chi connectivity index (χ0v) is 10.6. The van der Waals surface area contributed by atoms with Gasteiger partial charge < -0.3 is 4.90 Å². The molecule has 17 heavy (non-hydrogen) atoms. The number of hydrogen-bond donors (Lipinski definition) is 0. The Morgan fingerprint density at radius 2 is 2.06 bits per heavy atom. The summed E-state index contributed by atoms with van der Waals surface area (Å²) in [7, 11) is 0. The molecule has 1 rings (SSSR count). The van der Waals surface area contributed by atoms with Crippen molar-refractivity contribution in [3.63, 3.8) is 0 Å². The van der Waals surface area contributed by atoms with Crippen LogP contribution >= 0.6 is 11.6 Å². The van der Waals surface area contributed by atoms with Gasteiger partial charge in [-0.1, -0.05) is 23.7 Å². The SMILES string of the molecule is CCN(CCC#N)C(=O)Cc1ccc(Cl)cc1. The van der Waals surface area contributed by atoms with Crippen LogP contribution in [0.3, 0.4) is 0 Å². The molecule has 0 spiro atoms. The Hall–Kier alpha value is -1.53. The molecule has 0 atom stereocenters. The summed E-state index contributed by atoms with van der Waals surface area (Å²) in [5.74, 6) is 0.0464. The largest absolute Gasteiger partial charge is 0.342 e. The van der Waals surface area contributed by atoms with Crippen LogP contribution < -0.4 is 0 Å². The molecule has 0 N–H and O–H groups in total. The van der Waals surface area contributed by atoms with E-state index < -0.39 is 0 Å². The lowest BCUT2D eigenvalue weighted by Crippen LogP contribution is -2.32. The Kier molecular flexibility index (Phi) is 5.51. The molecule has 1 aromatic carbocycles. The van der Waals surface area contributed by atoms with Gasteiger partial charge in [0.25, 0.3) is 0 Å². The van der Waals surface area contributed by atoms with E-state index >= 15 is 0 Å². The van der Waals surface area contributed by atoms with Crippen molar-refractivity contribution in [3.05, 3.63) is 34.9 Å². The molecule has 0 aliphatic heterocycles. The van der Waals surface area contributed by atoms with Crippen LogP contribution in [-0.4, -0.2) is 23.9 Å². The number of hydrogen-bond acceptors (Lipinski definition) is 2. The van der Waals surface area contributed by atoms with E-state index in [1.807, 2.05) is 25.1 Å². The van der Waals surface area contributed by atoms with Crippen LogP contribution in [0.5, 0.6) is 0 Å². The molecule has 0 aromatic heterocycles. The highest BCUT2D eigenvalue weighted by Gasteiger charge is 2.11. The third-order valence-electron chi connectivity index (χ3n) is 2.50. The zero-order chi connectivity index (χ0) is 12.7. The zero-order valence-electron chi connectivity index (χ0n) is 9.82. The fraction of sp³-hybridized carbons (Fsp3) is 0.385. The summed E-state index contributed by atoms with van der Waals surface area (Å²) in [6.07, 6.45) is 0.733. The van der Waals surface area contributed by atoms with E-state index in [1.165, 1.54) is 0 Å². The molecule has 0 saturated heterocycles. The predicted molar refractivity (Wildman–Crippen MR) is 67.6 cm³/mol. The van der Waals surface area contributed by atoms with Gasteiger partial charge >= 0.3 is 0 Å². The van der Waals surface area contributed by atoms with Gasteiger partial charge in [0, 0.05) is 18.1 Å². The van der Waals surface area contributed by atoms with Crippen molar-refractivity contribution in [2.24, 2.45) is 0 Å². The molecule has 0 unspecified atom stereocenters. The second-order valence-corrected chi connectivity index (χ2v) is 4.12. The number of nitrogens with zero attached hydrogens (tertiary/aromatic N) is 2. The van der Waals surface area contributed by atoms with Gasteiger partial charge in [0.15, 0.2) is 0 Å². The van der Waals surface area contributed by atoms with Gasteiger partial charge in [-0.25, -0.2) is 0 Å². The number of halogens is 1. The van der Waals surface area contributed by atoms with Crippen molar-refractivity contribution in [1.82, 2.24) is 4.90 Å². The van der Waals surface area contributed by atoms with Gasteiger partial charge in [-0.15, -0.1) is 0 Å². The third-order valence-corrected chi connectivity index (χ3v) is 2.75. The molecule has 0 bridgehead atoms. The first-order valence-corrected chi connectivity index (χ1v) is 5.94. The third kappa shape index (κ3) is 4.46. The first-order chi connectivity index (χ1) is 8.17. The maximum absolute atomic E-state index is 11.9. The van der Waals surface area contributed by atoms with Crippen molar-refractivity contribution in [3.8, 4) is 6.07 Å². The van der Waals surface area contributed by atoms with Crippen LogP contribution in [0.25, 0.3) is 0 Å². The Morgan fingerprint density at radius 1 is 1.41 bits per heavy atom. The van der Waals surface area contributed by atoms with Gasteiger partial charge in [0.2, 0.25) is 5.91 Å². The lowest BCUT2D eigenvalue weighted by atomic mass is 10.1. The molecule has 1 amide bonds. The molecule has 0 saturated carbocycles. The number of nitriles is 1. The summed E-state index contributed by atoms with van der Waals surface area (Å²) in [5.41, 5.74) is 0.940. The van der Waals surface area contributed by atoms with Gasteiger partial charge in [-0.2, -0.15) is 5.26 Å². The standard InChI is InChI=1S/C13H15ClN2O/c1-2-16(9-3-8-15)13(17)10-11-4-6-12(14)7-5-11/h4-7H,2-3,9-10H2,1H3. The van der Waals surface area contributed by atoms with Crippen LogP contribution in [0.2, 0.25) is 5.02 Å². The highest BCUT2D eigenvalue weighted by atomic mass is 35.5. The average molecular weight is 251 g/mol. The quantitative estimate of drug-likeness (QED) is 0.806. The maximum Gasteiger partial charge on any atom is 0.227 e. The molecule has 1 aromatic rings. The minimum Gasteiger partial charge on any atom is -0.342 e. The van der Waals surface area contributed by atoms with Gasteiger partial charge in [0.05, 0.1) is 18.9 Å². The van der Waals surface area contributed by atoms with Crippen molar-refractivity contribution in [2.45, 2.75) is 19.8 Å². The van der Waals surface area contributed by atoms with Crippen LogP contribution in [0.15, 0.2) is 24.3 Å². The fourth-order valence-corrected chi connectivity index (χ4v) is 1.66. The molecule has 0 fully saturated rings. The summed E-state index contributed by atoms with van der Waals surface area (Å²) in [4.78, 5) is 13.6. The highest BCUT2D eigenvalue weighted by Crippen LogP contribution is 2.10. The first-order valence-electron chi connectivity index (χ1n) is 5.56. The maximum atomic E-state index is 11.9. The number of likely N-dealkylation sites (N-methyl/N-ethyl adjacent to an activating group) is 1. The van der Waals surface area contributed by atoms with E-state index in [9.17, 15) is 4.79 Å². The van der Waals surface area contributed by atoms with E-state index in [4.69, 9.17) is 16.9 Å². The second kappa shape index (κ2) is 6.93. The summed E-state index contributed by atoms with van der Waals surface area (Å²) in [6, 6.07) is 9.29. The van der Waals surface area contributed by atoms with Crippen molar-refractivity contribution in [2.75, 3.05) is 13.1 Å². The van der Waals surface area contributed by atoms with Crippen molar-refractivity contribution >= 4 is 17.5 Å². The smallest absolute Gasteiger partial charge is 0.227 e. The van der Waals surface area contributed by atoms with Gasteiger partial charge in [0.1, 0.15) is 0 Å². The fourth-order valence-electron chi connectivity index (χ4n) is 1.53. The lowest BCUT2D eigenvalue weighted by Gasteiger charge is -2.19. The van der Waals surface area contributed by atoms with Crippen LogP contribution in [0, 0.1) is 11.3 Å². The minimum atomic E-state index is 0.0464. The molecule has 4 heteroatoms. The number of amides is 1. The average Bonchev–Trinajstić information content (AvgIpc) is 2.33. The van der Waals surface area contributed by atoms with E-state index in [1.54, 1.807) is 17.0 Å². The minimum absolute atomic E-state index is 0.0464. The van der Waals surface area contributed by atoms with E-state index in [2.05, 4.69) is 0 Å². The van der Waals surface area contributed by atoms with Crippen LogP contribution in [-0.2, 0) is 11.2 Å². The molecule has 0 aliphatic rings. The normalized spacial score (nSPS) is 9.71. The molecule has 90 valence electrons. The molecular weight excluding hydrogens is 236 g/mol. The summed E-state index contributed by atoms with van der Waals surface area (Å²) < 4.78 is 0. The van der Waals surface area contributed by atoms with E-state index in [0.29, 0.717) is 31.0 Å². The number of benzene rings is 1. The van der Waals surface area contributed by atoms with Crippen LogP contribution in [0.4, 0.5) is 0 Å². The Bertz CT molecular complexity index is 408.